The van der Waals surface area contributed by atoms with E-state index < -0.39 is 6.10 Å². The van der Waals surface area contributed by atoms with Crippen LogP contribution in [0.1, 0.15) is 31.0 Å². The summed E-state index contributed by atoms with van der Waals surface area (Å²) in [5, 5.41) is 13.8. The molecule has 2 N–H and O–H groups in total. The normalized spacial score (nSPS) is 17.6. The van der Waals surface area contributed by atoms with Crippen molar-refractivity contribution in [2.45, 2.75) is 31.4 Å². The smallest absolute Gasteiger partial charge is 0.146 e. The molecule has 0 spiro atoms. The number of aliphatic hydroxyl groups excluding tert-OH is 1. The van der Waals surface area contributed by atoms with E-state index in [4.69, 9.17) is 0 Å². The molecule has 0 saturated heterocycles. The summed E-state index contributed by atoms with van der Waals surface area (Å²) >= 11 is 0. The molecule has 0 saturated carbocycles. The molecule has 25 heavy (non-hydrogen) atoms. The largest absolute Gasteiger partial charge is 0.389 e. The fourth-order valence-corrected chi connectivity index (χ4v) is 3.76. The number of nitrogens with zero attached hydrogens (tertiary/aromatic N) is 1. The topological polar surface area (TPSA) is 35.5 Å². The number of nitrogens with one attached hydrogen (secondary N) is 1. The Labute approximate surface area is 155 Å². The van der Waals surface area contributed by atoms with Gasteiger partial charge in [0.2, 0.25) is 0 Å². The first kappa shape index (κ1) is 19.7. The maximum Gasteiger partial charge on any atom is 0.146 e. The fraction of sp³-hybridized carbons (Fsp3) is 0.400. The molecule has 1 aliphatic heterocycles. The van der Waals surface area contributed by atoms with Gasteiger partial charge in [-0.05, 0) is 24.2 Å². The van der Waals surface area contributed by atoms with Crippen molar-refractivity contribution in [3.63, 3.8) is 0 Å². The van der Waals surface area contributed by atoms with Gasteiger partial charge in [-0.15, -0.1) is 12.4 Å². The quantitative estimate of drug-likeness (QED) is 0.849. The Morgan fingerprint density at radius 1 is 1.16 bits per heavy atom. The van der Waals surface area contributed by atoms with E-state index in [0.717, 1.165) is 11.1 Å². The molecule has 2 aromatic rings. The van der Waals surface area contributed by atoms with Crippen LogP contribution in [0.4, 0.5) is 10.1 Å². The minimum absolute atomic E-state index is 0. The van der Waals surface area contributed by atoms with Crippen molar-refractivity contribution in [2.24, 2.45) is 0 Å². The Kier molecular flexibility index (Phi) is 6.09. The Balaban J connectivity index is 0.00000225. The summed E-state index contributed by atoms with van der Waals surface area (Å²) in [5.41, 5.74) is 2.45. The zero-order valence-corrected chi connectivity index (χ0v) is 15.7. The van der Waals surface area contributed by atoms with Crippen molar-refractivity contribution >= 4 is 18.1 Å². The van der Waals surface area contributed by atoms with Crippen molar-refractivity contribution in [3.05, 3.63) is 65.5 Å². The lowest BCUT2D eigenvalue weighted by Gasteiger charge is -2.35. The van der Waals surface area contributed by atoms with E-state index in [1.54, 1.807) is 6.07 Å². The highest BCUT2D eigenvalue weighted by molar-refractivity contribution is 5.85. The lowest BCUT2D eigenvalue weighted by molar-refractivity contribution is 0.139. The third kappa shape index (κ3) is 3.66. The zero-order chi connectivity index (χ0) is 17.3. The van der Waals surface area contributed by atoms with E-state index in [1.165, 1.54) is 6.07 Å². The molecule has 2 atom stereocenters. The molecule has 0 bridgehead atoms. The number of para-hydroxylation sites is 1. The highest BCUT2D eigenvalue weighted by Crippen LogP contribution is 2.46. The van der Waals surface area contributed by atoms with Gasteiger partial charge in [0, 0.05) is 18.5 Å². The molecule has 0 fully saturated rings. The van der Waals surface area contributed by atoms with Gasteiger partial charge in [0.15, 0.2) is 0 Å². The Bertz CT molecular complexity index is 708. The van der Waals surface area contributed by atoms with Gasteiger partial charge in [0.1, 0.15) is 5.82 Å². The van der Waals surface area contributed by atoms with Gasteiger partial charge in [-0.1, -0.05) is 56.3 Å². The molecule has 1 heterocycles. The second kappa shape index (κ2) is 7.73. The van der Waals surface area contributed by atoms with E-state index in [2.05, 4.69) is 19.2 Å². The summed E-state index contributed by atoms with van der Waals surface area (Å²) in [6.45, 7) is 5.36. The second-order valence-electron chi connectivity index (χ2n) is 7.13. The Hall–Kier alpha value is -1.62. The Morgan fingerprint density at radius 3 is 2.48 bits per heavy atom. The van der Waals surface area contributed by atoms with E-state index in [-0.39, 0.29) is 29.7 Å². The molecule has 0 aliphatic carbocycles. The summed E-state index contributed by atoms with van der Waals surface area (Å²) in [7, 11) is 1.81. The van der Waals surface area contributed by atoms with Crippen molar-refractivity contribution in [1.82, 2.24) is 5.32 Å². The predicted octanol–water partition coefficient (Wildman–Crippen LogP) is 3.67. The summed E-state index contributed by atoms with van der Waals surface area (Å²) in [6, 6.07) is 14.8. The molecule has 2 aromatic carbocycles. The molecule has 3 rings (SSSR count). The molecule has 136 valence electrons. The van der Waals surface area contributed by atoms with Gasteiger partial charge >= 0.3 is 0 Å². The van der Waals surface area contributed by atoms with E-state index in [9.17, 15) is 9.50 Å². The maximum absolute atomic E-state index is 14.7. The van der Waals surface area contributed by atoms with Gasteiger partial charge in [0.25, 0.3) is 0 Å². The summed E-state index contributed by atoms with van der Waals surface area (Å²) in [6.07, 6.45) is -0.640. The van der Waals surface area contributed by atoms with Crippen molar-refractivity contribution in [3.8, 4) is 0 Å². The van der Waals surface area contributed by atoms with Gasteiger partial charge < -0.3 is 15.3 Å². The van der Waals surface area contributed by atoms with Crippen molar-refractivity contribution < 1.29 is 9.50 Å². The minimum atomic E-state index is -0.640. The summed E-state index contributed by atoms with van der Waals surface area (Å²) in [5.74, 6) is -0.226. The molecule has 1 aliphatic rings. The molecule has 5 heteroatoms. The van der Waals surface area contributed by atoms with Crippen LogP contribution in [0, 0.1) is 5.82 Å². The van der Waals surface area contributed by atoms with Crippen molar-refractivity contribution in [1.29, 1.82) is 0 Å². The number of likely N-dealkylation sites (N-methyl/N-ethyl adjacent to an activating group) is 1. The van der Waals surface area contributed by atoms with E-state index in [1.807, 2.05) is 48.3 Å². The molecular formula is C20H26ClFN2O. The number of anilines is 1. The first-order chi connectivity index (χ1) is 11.5. The molecule has 3 nitrogen and oxygen atoms in total. The SMILES string of the molecule is CNC[C@@H](O)[C@H](c1ccccc1)N1CC(C)(C)c2cccc(F)c21.Cl. The third-order valence-corrected chi connectivity index (χ3v) is 4.82. The van der Waals surface area contributed by atoms with Crippen LogP contribution in [-0.2, 0) is 5.41 Å². The van der Waals surface area contributed by atoms with Crippen LogP contribution < -0.4 is 10.2 Å². The highest BCUT2D eigenvalue weighted by atomic mass is 35.5. The standard InChI is InChI=1S/C20H25FN2O.ClH/c1-20(2)13-23(19-15(20)10-7-11-16(19)21)18(17(24)12-22-3)14-8-5-4-6-9-14;/h4-11,17-18,22,24H,12-13H2,1-3H3;1H/t17-,18+;/m1./s1. The molecule has 0 unspecified atom stereocenters. The lowest BCUT2D eigenvalue weighted by Crippen LogP contribution is -2.42. The van der Waals surface area contributed by atoms with Gasteiger partial charge in [-0.25, -0.2) is 4.39 Å². The lowest BCUT2D eigenvalue weighted by atomic mass is 9.87. The molecule has 0 amide bonds. The molecular weight excluding hydrogens is 339 g/mol. The van der Waals surface area contributed by atoms with Crippen LogP contribution >= 0.6 is 12.4 Å². The number of hydrogen-bond donors (Lipinski definition) is 2. The second-order valence-corrected chi connectivity index (χ2v) is 7.13. The van der Waals surface area contributed by atoms with E-state index >= 15 is 0 Å². The van der Waals surface area contributed by atoms with Crippen LogP contribution in [0.3, 0.4) is 0 Å². The molecule has 0 radical (unpaired) electrons. The predicted molar refractivity (Wildman–Crippen MR) is 103 cm³/mol. The molecule has 0 aromatic heterocycles. The fourth-order valence-electron chi connectivity index (χ4n) is 3.76. The average molecular weight is 365 g/mol. The first-order valence-corrected chi connectivity index (χ1v) is 8.39. The van der Waals surface area contributed by atoms with Crippen LogP contribution in [-0.4, -0.2) is 31.3 Å². The zero-order valence-electron chi connectivity index (χ0n) is 14.9. The highest BCUT2D eigenvalue weighted by Gasteiger charge is 2.42. The average Bonchev–Trinajstić information content (AvgIpc) is 2.82. The van der Waals surface area contributed by atoms with Gasteiger partial charge in [0.05, 0.1) is 17.8 Å². The number of hydrogen-bond acceptors (Lipinski definition) is 3. The number of fused-ring (bicyclic) bond motifs is 1. The van der Waals surface area contributed by atoms with Crippen LogP contribution in [0.5, 0.6) is 0 Å². The van der Waals surface area contributed by atoms with Crippen molar-refractivity contribution in [2.75, 3.05) is 25.0 Å². The Morgan fingerprint density at radius 2 is 1.84 bits per heavy atom. The van der Waals surface area contributed by atoms with Gasteiger partial charge in [-0.2, -0.15) is 0 Å². The van der Waals surface area contributed by atoms with Crippen LogP contribution in [0.15, 0.2) is 48.5 Å². The number of halogens is 2. The summed E-state index contributed by atoms with van der Waals surface area (Å²) in [4.78, 5) is 2.03. The van der Waals surface area contributed by atoms with Gasteiger partial charge in [-0.3, -0.25) is 0 Å². The minimum Gasteiger partial charge on any atom is -0.389 e. The third-order valence-electron chi connectivity index (χ3n) is 4.82. The number of benzene rings is 2. The first-order valence-electron chi connectivity index (χ1n) is 8.39. The summed E-state index contributed by atoms with van der Waals surface area (Å²) < 4.78 is 14.7. The number of aliphatic hydroxyl groups is 1. The maximum atomic E-state index is 14.7. The van der Waals surface area contributed by atoms with Crippen LogP contribution in [0.2, 0.25) is 0 Å². The van der Waals surface area contributed by atoms with E-state index in [0.29, 0.717) is 18.8 Å². The monoisotopic (exact) mass is 364 g/mol. The van der Waals surface area contributed by atoms with Crippen LogP contribution in [0.25, 0.3) is 0 Å². The number of rotatable bonds is 5.